The molecule has 27 heavy (non-hydrogen) atoms. The summed E-state index contributed by atoms with van der Waals surface area (Å²) in [5.74, 6) is -0.380. The molecule has 1 aromatic heterocycles. The van der Waals surface area contributed by atoms with E-state index < -0.39 is 5.91 Å². The molecule has 2 aromatic carbocycles. The summed E-state index contributed by atoms with van der Waals surface area (Å²) in [5, 5.41) is 5.41. The zero-order chi connectivity index (χ0) is 19.1. The molecule has 0 aliphatic heterocycles. The summed E-state index contributed by atoms with van der Waals surface area (Å²) in [6, 6.07) is 19.3. The van der Waals surface area contributed by atoms with E-state index in [2.05, 4.69) is 10.6 Å². The Morgan fingerprint density at radius 3 is 2.41 bits per heavy atom. The highest BCUT2D eigenvalue weighted by atomic mass is 16.3. The van der Waals surface area contributed by atoms with Crippen molar-refractivity contribution < 1.29 is 14.0 Å². The Morgan fingerprint density at radius 2 is 1.70 bits per heavy atom. The zero-order valence-corrected chi connectivity index (χ0v) is 14.5. The van der Waals surface area contributed by atoms with Gasteiger partial charge in [-0.3, -0.25) is 9.59 Å². The van der Waals surface area contributed by atoms with Crippen molar-refractivity contribution in [1.29, 1.82) is 0 Å². The molecular weight excluding hydrogens is 342 g/mol. The van der Waals surface area contributed by atoms with E-state index in [1.54, 1.807) is 42.5 Å². The van der Waals surface area contributed by atoms with Crippen molar-refractivity contribution in [2.75, 3.05) is 5.73 Å². The number of nitrogen functional groups attached to an aromatic ring is 1. The number of hydrogen-bond acceptors (Lipinski definition) is 4. The van der Waals surface area contributed by atoms with Crippen LogP contribution in [0.1, 0.15) is 21.7 Å². The van der Waals surface area contributed by atoms with E-state index in [4.69, 9.17) is 10.2 Å². The molecular formula is C21H19N3O3. The van der Waals surface area contributed by atoms with Crippen molar-refractivity contribution in [1.82, 2.24) is 10.6 Å². The summed E-state index contributed by atoms with van der Waals surface area (Å²) < 4.78 is 5.26. The SMILES string of the molecule is Nc1ccccc1CNC(=O)/C(=C/c1ccco1)NC(=O)c1ccccc1. The van der Waals surface area contributed by atoms with Crippen LogP contribution in [0.15, 0.2) is 83.1 Å². The first-order valence-corrected chi connectivity index (χ1v) is 8.36. The molecule has 6 nitrogen and oxygen atoms in total. The van der Waals surface area contributed by atoms with Crippen LogP contribution in [0.3, 0.4) is 0 Å². The lowest BCUT2D eigenvalue weighted by Crippen LogP contribution is -2.34. The summed E-state index contributed by atoms with van der Waals surface area (Å²) in [5.41, 5.74) is 7.80. The topological polar surface area (TPSA) is 97.4 Å². The van der Waals surface area contributed by atoms with Crippen molar-refractivity contribution in [2.45, 2.75) is 6.54 Å². The summed E-state index contributed by atoms with van der Waals surface area (Å²) >= 11 is 0. The van der Waals surface area contributed by atoms with Crippen LogP contribution >= 0.6 is 0 Å². The van der Waals surface area contributed by atoms with Crippen molar-refractivity contribution in [3.05, 3.63) is 95.6 Å². The van der Waals surface area contributed by atoms with Crippen LogP contribution in [-0.4, -0.2) is 11.8 Å². The third kappa shape index (κ3) is 4.85. The fourth-order valence-electron chi connectivity index (χ4n) is 2.42. The number of anilines is 1. The van der Waals surface area contributed by atoms with Crippen LogP contribution in [0.2, 0.25) is 0 Å². The number of benzene rings is 2. The van der Waals surface area contributed by atoms with Gasteiger partial charge in [0.1, 0.15) is 11.5 Å². The van der Waals surface area contributed by atoms with Gasteiger partial charge in [0.05, 0.1) is 6.26 Å². The minimum atomic E-state index is -0.445. The normalized spacial score (nSPS) is 11.0. The fraction of sp³-hybridized carbons (Fsp3) is 0.0476. The molecule has 3 rings (SSSR count). The molecule has 0 saturated carbocycles. The van der Waals surface area contributed by atoms with Crippen LogP contribution in [0.5, 0.6) is 0 Å². The standard InChI is InChI=1S/C21H19N3O3/c22-18-11-5-4-9-16(18)14-23-21(26)19(13-17-10-6-12-27-17)24-20(25)15-7-2-1-3-8-15/h1-13H,14,22H2,(H,23,26)(H,24,25)/b19-13-. The molecule has 0 bridgehead atoms. The lowest BCUT2D eigenvalue weighted by Gasteiger charge is -2.12. The van der Waals surface area contributed by atoms with Crippen molar-refractivity contribution in [3.63, 3.8) is 0 Å². The molecule has 0 spiro atoms. The second-order valence-corrected chi connectivity index (χ2v) is 5.78. The van der Waals surface area contributed by atoms with Crippen molar-refractivity contribution in [2.24, 2.45) is 0 Å². The molecule has 0 saturated heterocycles. The van der Waals surface area contributed by atoms with Crippen LogP contribution in [0.4, 0.5) is 5.69 Å². The second-order valence-electron chi connectivity index (χ2n) is 5.78. The fourth-order valence-corrected chi connectivity index (χ4v) is 2.42. The molecule has 0 fully saturated rings. The number of furan rings is 1. The number of nitrogens with one attached hydrogen (secondary N) is 2. The average Bonchev–Trinajstić information content (AvgIpc) is 3.20. The largest absolute Gasteiger partial charge is 0.465 e. The number of nitrogens with two attached hydrogens (primary N) is 1. The number of hydrogen-bond donors (Lipinski definition) is 3. The Hall–Kier alpha value is -3.80. The Morgan fingerprint density at radius 1 is 0.963 bits per heavy atom. The van der Waals surface area contributed by atoms with E-state index in [0.29, 0.717) is 17.0 Å². The first-order valence-electron chi connectivity index (χ1n) is 8.36. The van der Waals surface area contributed by atoms with Crippen LogP contribution in [-0.2, 0) is 11.3 Å². The highest BCUT2D eigenvalue weighted by Gasteiger charge is 2.15. The summed E-state index contributed by atoms with van der Waals surface area (Å²) in [4.78, 5) is 25.1. The van der Waals surface area contributed by atoms with Gasteiger partial charge < -0.3 is 20.8 Å². The lowest BCUT2D eigenvalue weighted by atomic mass is 10.2. The van der Waals surface area contributed by atoms with E-state index in [0.717, 1.165) is 5.56 Å². The van der Waals surface area contributed by atoms with Crippen LogP contribution in [0.25, 0.3) is 6.08 Å². The Labute approximate surface area is 156 Å². The smallest absolute Gasteiger partial charge is 0.268 e. The van der Waals surface area contributed by atoms with E-state index in [1.807, 2.05) is 24.3 Å². The Kier molecular flexibility index (Phi) is 5.69. The monoisotopic (exact) mass is 361 g/mol. The van der Waals surface area contributed by atoms with E-state index in [1.165, 1.54) is 12.3 Å². The van der Waals surface area contributed by atoms with Gasteiger partial charge in [0.25, 0.3) is 11.8 Å². The summed E-state index contributed by atoms with van der Waals surface area (Å²) in [6.07, 6.45) is 2.97. The molecule has 3 aromatic rings. The molecule has 1 heterocycles. The number of para-hydroxylation sites is 1. The maximum absolute atomic E-state index is 12.6. The number of amides is 2. The van der Waals surface area contributed by atoms with E-state index >= 15 is 0 Å². The number of carbonyl (C=O) groups is 2. The highest BCUT2D eigenvalue weighted by molar-refractivity contribution is 6.05. The minimum absolute atomic E-state index is 0.0771. The van der Waals surface area contributed by atoms with Gasteiger partial charge in [-0.25, -0.2) is 0 Å². The van der Waals surface area contributed by atoms with Crippen LogP contribution in [0, 0.1) is 0 Å². The molecule has 0 radical (unpaired) electrons. The first kappa shape index (κ1) is 18.0. The Bertz CT molecular complexity index is 948. The average molecular weight is 361 g/mol. The van der Waals surface area contributed by atoms with Gasteiger partial charge >= 0.3 is 0 Å². The van der Waals surface area contributed by atoms with Gasteiger partial charge in [-0.05, 0) is 35.9 Å². The quantitative estimate of drug-likeness (QED) is 0.464. The third-order valence-corrected chi connectivity index (χ3v) is 3.85. The summed E-state index contributed by atoms with van der Waals surface area (Å²) in [6.45, 7) is 0.238. The first-order chi connectivity index (χ1) is 13.1. The zero-order valence-electron chi connectivity index (χ0n) is 14.5. The molecule has 2 amide bonds. The van der Waals surface area contributed by atoms with Gasteiger partial charge in [-0.2, -0.15) is 0 Å². The number of carbonyl (C=O) groups excluding carboxylic acids is 2. The molecule has 0 aliphatic rings. The molecule has 6 heteroatoms. The van der Waals surface area contributed by atoms with Gasteiger partial charge in [0.2, 0.25) is 0 Å². The lowest BCUT2D eigenvalue weighted by molar-refractivity contribution is -0.117. The van der Waals surface area contributed by atoms with Gasteiger partial charge in [0, 0.05) is 23.9 Å². The molecule has 0 aliphatic carbocycles. The third-order valence-electron chi connectivity index (χ3n) is 3.85. The molecule has 0 atom stereocenters. The molecule has 4 N–H and O–H groups in total. The number of rotatable bonds is 6. The highest BCUT2D eigenvalue weighted by Crippen LogP contribution is 2.11. The Balaban J connectivity index is 1.76. The van der Waals surface area contributed by atoms with Gasteiger partial charge in [-0.15, -0.1) is 0 Å². The maximum Gasteiger partial charge on any atom is 0.268 e. The minimum Gasteiger partial charge on any atom is -0.465 e. The molecule has 0 unspecified atom stereocenters. The van der Waals surface area contributed by atoms with E-state index in [-0.39, 0.29) is 18.1 Å². The molecule has 136 valence electrons. The van der Waals surface area contributed by atoms with Gasteiger partial charge in [0.15, 0.2) is 0 Å². The van der Waals surface area contributed by atoms with Crippen LogP contribution < -0.4 is 16.4 Å². The van der Waals surface area contributed by atoms with E-state index in [9.17, 15) is 9.59 Å². The van der Waals surface area contributed by atoms with Crippen molar-refractivity contribution in [3.8, 4) is 0 Å². The van der Waals surface area contributed by atoms with Crippen molar-refractivity contribution >= 4 is 23.6 Å². The second kappa shape index (κ2) is 8.53. The summed E-state index contributed by atoms with van der Waals surface area (Å²) in [7, 11) is 0. The van der Waals surface area contributed by atoms with Gasteiger partial charge in [-0.1, -0.05) is 36.4 Å². The predicted molar refractivity (Wildman–Crippen MR) is 103 cm³/mol. The maximum atomic E-state index is 12.6. The predicted octanol–water partition coefficient (Wildman–Crippen LogP) is 2.95.